The van der Waals surface area contributed by atoms with Gasteiger partial charge in [-0.1, -0.05) is 35.9 Å². The van der Waals surface area contributed by atoms with E-state index in [2.05, 4.69) is 34.3 Å². The van der Waals surface area contributed by atoms with Gasteiger partial charge in [-0.15, -0.1) is 0 Å². The van der Waals surface area contributed by atoms with Crippen molar-refractivity contribution in [1.29, 1.82) is 0 Å². The normalized spacial score (nSPS) is 24.8. The molecule has 0 spiro atoms. The average Bonchev–Trinajstić information content (AvgIpc) is 3.62. The highest BCUT2D eigenvalue weighted by atomic mass is 16.2. The molecule has 1 aromatic heterocycles. The number of amides is 2. The Kier molecular flexibility index (Phi) is 6.09. The van der Waals surface area contributed by atoms with Gasteiger partial charge in [0, 0.05) is 44.8 Å². The molecule has 5 rings (SSSR count). The Labute approximate surface area is 196 Å². The molecule has 2 aromatic rings. The maximum Gasteiger partial charge on any atom is 0.228 e. The zero-order valence-corrected chi connectivity index (χ0v) is 19.5. The van der Waals surface area contributed by atoms with Crippen molar-refractivity contribution < 1.29 is 9.59 Å². The van der Waals surface area contributed by atoms with Crippen LogP contribution < -0.4 is 10.2 Å². The van der Waals surface area contributed by atoms with Gasteiger partial charge in [-0.3, -0.25) is 9.59 Å². The molecule has 3 heterocycles. The lowest BCUT2D eigenvalue weighted by Gasteiger charge is -2.32. The summed E-state index contributed by atoms with van der Waals surface area (Å²) >= 11 is 0. The van der Waals surface area contributed by atoms with Crippen LogP contribution in [0, 0.1) is 24.2 Å². The summed E-state index contributed by atoms with van der Waals surface area (Å²) in [6.45, 7) is 5.62. The van der Waals surface area contributed by atoms with Gasteiger partial charge in [0.05, 0.1) is 11.8 Å². The van der Waals surface area contributed by atoms with Crippen molar-refractivity contribution >= 4 is 17.6 Å². The number of carbonyl (C=O) groups excluding carboxylic acids is 2. The number of rotatable bonds is 6. The van der Waals surface area contributed by atoms with Crippen molar-refractivity contribution in [1.82, 2.24) is 15.2 Å². The van der Waals surface area contributed by atoms with Crippen molar-refractivity contribution in [3.8, 4) is 0 Å². The van der Waals surface area contributed by atoms with E-state index < -0.39 is 5.41 Å². The number of hydrogen-bond donors (Lipinski definition) is 1. The Morgan fingerprint density at radius 2 is 1.94 bits per heavy atom. The molecule has 0 bridgehead atoms. The number of pyridine rings is 1. The third kappa shape index (κ3) is 4.75. The molecule has 2 aliphatic heterocycles. The van der Waals surface area contributed by atoms with E-state index in [0.717, 1.165) is 43.9 Å². The summed E-state index contributed by atoms with van der Waals surface area (Å²) in [6.07, 6.45) is 6.32. The second-order valence-corrected chi connectivity index (χ2v) is 10.2. The van der Waals surface area contributed by atoms with E-state index in [9.17, 15) is 9.59 Å². The molecule has 1 saturated carbocycles. The quantitative estimate of drug-likeness (QED) is 0.740. The minimum Gasteiger partial charge on any atom is -0.355 e. The van der Waals surface area contributed by atoms with Crippen LogP contribution in [0.4, 0.5) is 5.82 Å². The highest BCUT2D eigenvalue weighted by Gasteiger charge is 2.53. The lowest BCUT2D eigenvalue weighted by molar-refractivity contribution is -0.135. The smallest absolute Gasteiger partial charge is 0.228 e. The fourth-order valence-corrected chi connectivity index (χ4v) is 5.47. The van der Waals surface area contributed by atoms with Crippen LogP contribution in [0.15, 0.2) is 48.7 Å². The number of likely N-dealkylation sites (tertiary alicyclic amines) is 1. The lowest BCUT2D eigenvalue weighted by Crippen LogP contribution is -2.48. The van der Waals surface area contributed by atoms with Gasteiger partial charge in [0.2, 0.25) is 11.8 Å². The van der Waals surface area contributed by atoms with Gasteiger partial charge in [-0.25, -0.2) is 4.98 Å². The molecule has 3 fully saturated rings. The molecule has 1 aliphatic carbocycles. The fourth-order valence-electron chi connectivity index (χ4n) is 5.47. The molecule has 0 radical (unpaired) electrons. The van der Waals surface area contributed by atoms with Crippen molar-refractivity contribution in [3.05, 3.63) is 59.8 Å². The van der Waals surface area contributed by atoms with Gasteiger partial charge in [-0.05, 0) is 56.2 Å². The van der Waals surface area contributed by atoms with Crippen LogP contribution in [0.5, 0.6) is 0 Å². The summed E-state index contributed by atoms with van der Waals surface area (Å²) in [6, 6.07) is 14.1. The van der Waals surface area contributed by atoms with Gasteiger partial charge in [0.1, 0.15) is 5.82 Å². The maximum absolute atomic E-state index is 13.6. The predicted octanol–water partition coefficient (Wildman–Crippen LogP) is 3.20. The van der Waals surface area contributed by atoms with E-state index in [0.29, 0.717) is 25.4 Å². The number of nitrogens with zero attached hydrogens (tertiary/aromatic N) is 3. The number of hydrogen-bond acceptors (Lipinski definition) is 4. The van der Waals surface area contributed by atoms with E-state index in [1.54, 1.807) is 6.20 Å². The van der Waals surface area contributed by atoms with Gasteiger partial charge in [0.15, 0.2) is 0 Å². The number of fused-ring (bicyclic) bond motifs is 1. The van der Waals surface area contributed by atoms with Crippen LogP contribution in [0.3, 0.4) is 0 Å². The van der Waals surface area contributed by atoms with Crippen LogP contribution in [0.1, 0.15) is 36.8 Å². The minimum absolute atomic E-state index is 0.100. The van der Waals surface area contributed by atoms with Gasteiger partial charge >= 0.3 is 0 Å². The van der Waals surface area contributed by atoms with Crippen molar-refractivity contribution in [2.45, 2.75) is 39.0 Å². The van der Waals surface area contributed by atoms with E-state index in [4.69, 9.17) is 0 Å². The maximum atomic E-state index is 13.6. The Morgan fingerprint density at radius 1 is 1.12 bits per heavy atom. The number of aromatic nitrogens is 1. The van der Waals surface area contributed by atoms with E-state index >= 15 is 0 Å². The molecule has 174 valence electrons. The summed E-state index contributed by atoms with van der Waals surface area (Å²) in [7, 11) is 0. The van der Waals surface area contributed by atoms with E-state index in [1.807, 2.05) is 35.2 Å². The number of aryl methyl sites for hydroxylation is 1. The highest BCUT2D eigenvalue weighted by molar-refractivity contribution is 5.85. The number of benzene rings is 1. The topological polar surface area (TPSA) is 65.5 Å². The Balaban J connectivity index is 1.35. The average molecular weight is 447 g/mol. The second-order valence-electron chi connectivity index (χ2n) is 10.2. The van der Waals surface area contributed by atoms with E-state index in [1.165, 1.54) is 18.4 Å². The summed E-state index contributed by atoms with van der Waals surface area (Å²) in [4.78, 5) is 35.6. The van der Waals surface area contributed by atoms with Crippen LogP contribution in [0.2, 0.25) is 0 Å². The molecule has 2 amide bonds. The molecule has 2 saturated heterocycles. The molecule has 2 atom stereocenters. The monoisotopic (exact) mass is 446 g/mol. The SMILES string of the molecule is Cc1ccc(CC(=O)N2CCC[C@@]3(C(=O)NCC4CC4)CN(c4ccccn4)C[C@H]3C2)cc1. The first-order chi connectivity index (χ1) is 16.0. The molecule has 1 aromatic carbocycles. The molecule has 1 N–H and O–H groups in total. The summed E-state index contributed by atoms with van der Waals surface area (Å²) in [5, 5.41) is 3.28. The lowest BCUT2D eigenvalue weighted by atomic mass is 9.74. The molecular formula is C27H34N4O2. The van der Waals surface area contributed by atoms with Crippen LogP contribution in [-0.2, 0) is 16.0 Å². The van der Waals surface area contributed by atoms with Gasteiger partial charge in [-0.2, -0.15) is 0 Å². The Morgan fingerprint density at radius 3 is 2.67 bits per heavy atom. The minimum atomic E-state index is -0.467. The standard InChI is InChI=1S/C27H34N4O2/c1-20-6-8-21(9-7-20)15-25(32)30-14-4-12-27(26(33)29-16-22-10-11-22)19-31(18-23(27)17-30)24-5-2-3-13-28-24/h2-3,5-9,13,22-23H,4,10-12,14-19H2,1H3,(H,29,33)/t23-,27-/m1/s1. The fraction of sp³-hybridized carbons (Fsp3) is 0.519. The van der Waals surface area contributed by atoms with Crippen LogP contribution in [0.25, 0.3) is 0 Å². The third-order valence-corrected chi connectivity index (χ3v) is 7.69. The summed E-state index contributed by atoms with van der Waals surface area (Å²) in [5.74, 6) is 1.99. The van der Waals surface area contributed by atoms with Crippen molar-refractivity contribution in [3.63, 3.8) is 0 Å². The predicted molar refractivity (Wildman–Crippen MR) is 129 cm³/mol. The Hall–Kier alpha value is -2.89. The zero-order chi connectivity index (χ0) is 22.8. The molecule has 6 heteroatoms. The first-order valence-corrected chi connectivity index (χ1v) is 12.3. The number of carbonyl (C=O) groups is 2. The van der Waals surface area contributed by atoms with Gasteiger partial charge < -0.3 is 15.1 Å². The van der Waals surface area contributed by atoms with E-state index in [-0.39, 0.29) is 17.7 Å². The Bertz CT molecular complexity index is 989. The summed E-state index contributed by atoms with van der Waals surface area (Å²) < 4.78 is 0. The first-order valence-electron chi connectivity index (χ1n) is 12.3. The highest BCUT2D eigenvalue weighted by Crippen LogP contribution is 2.44. The molecule has 6 nitrogen and oxygen atoms in total. The zero-order valence-electron chi connectivity index (χ0n) is 19.5. The molecule has 0 unspecified atom stereocenters. The van der Waals surface area contributed by atoms with Crippen molar-refractivity contribution in [2.75, 3.05) is 37.6 Å². The largest absolute Gasteiger partial charge is 0.355 e. The van der Waals surface area contributed by atoms with Crippen LogP contribution in [-0.4, -0.2) is 54.4 Å². The number of anilines is 1. The first kappa shape index (κ1) is 21.9. The third-order valence-electron chi connectivity index (χ3n) is 7.69. The molecular weight excluding hydrogens is 412 g/mol. The number of nitrogens with one attached hydrogen (secondary N) is 1. The van der Waals surface area contributed by atoms with Crippen molar-refractivity contribution in [2.24, 2.45) is 17.3 Å². The summed E-state index contributed by atoms with van der Waals surface area (Å²) in [5.41, 5.74) is 1.78. The van der Waals surface area contributed by atoms with Crippen LogP contribution >= 0.6 is 0 Å². The molecule has 33 heavy (non-hydrogen) atoms. The molecule has 3 aliphatic rings. The van der Waals surface area contributed by atoms with Gasteiger partial charge in [0.25, 0.3) is 0 Å². The second kappa shape index (κ2) is 9.16.